The molecule has 0 aromatic rings. The van der Waals surface area contributed by atoms with Gasteiger partial charge in [0.25, 0.3) is 0 Å². The smallest absolute Gasteiger partial charge is 0.0700 e. The highest BCUT2D eigenvalue weighted by Crippen LogP contribution is 2.48. The molecule has 3 heteroatoms. The third-order valence-corrected chi connectivity index (χ3v) is 5.72. The zero-order chi connectivity index (χ0) is 17.4. The maximum atomic E-state index is 11.0. The first kappa shape index (κ1) is 18.4. The van der Waals surface area contributed by atoms with Crippen molar-refractivity contribution < 1.29 is 15.3 Å². The number of fused-ring (bicyclic) bond motifs is 1. The van der Waals surface area contributed by atoms with E-state index in [4.69, 9.17) is 0 Å². The van der Waals surface area contributed by atoms with Crippen LogP contribution in [0, 0.1) is 17.8 Å². The minimum atomic E-state index is -1.11. The van der Waals surface area contributed by atoms with Gasteiger partial charge in [-0.25, -0.2) is 0 Å². The van der Waals surface area contributed by atoms with Crippen LogP contribution >= 0.6 is 0 Å². The summed E-state index contributed by atoms with van der Waals surface area (Å²) in [7, 11) is 0. The van der Waals surface area contributed by atoms with Gasteiger partial charge in [0.15, 0.2) is 0 Å². The Morgan fingerprint density at radius 2 is 2.04 bits per heavy atom. The quantitative estimate of drug-likeness (QED) is 0.696. The predicted octanol–water partition coefficient (Wildman–Crippen LogP) is 3.36. The Kier molecular flexibility index (Phi) is 5.55. The summed E-state index contributed by atoms with van der Waals surface area (Å²) in [4.78, 5) is 0. The van der Waals surface area contributed by atoms with Crippen LogP contribution in [0.15, 0.2) is 35.5 Å². The van der Waals surface area contributed by atoms with E-state index < -0.39 is 23.7 Å². The Bertz CT molecular complexity index is 511. The number of aliphatic hydroxyl groups excluding tert-OH is 2. The number of hydrogen-bond donors (Lipinski definition) is 3. The average Bonchev–Trinajstić information content (AvgIpc) is 2.74. The van der Waals surface area contributed by atoms with Gasteiger partial charge in [-0.15, -0.1) is 0 Å². The summed E-state index contributed by atoms with van der Waals surface area (Å²) in [5, 5.41) is 32.7. The van der Waals surface area contributed by atoms with Gasteiger partial charge in [-0.1, -0.05) is 35.5 Å². The van der Waals surface area contributed by atoms with Crippen LogP contribution in [0.5, 0.6) is 0 Å². The fourth-order valence-electron chi connectivity index (χ4n) is 4.44. The van der Waals surface area contributed by atoms with Crippen molar-refractivity contribution >= 4 is 0 Å². The molecule has 0 spiro atoms. The monoisotopic (exact) mass is 320 g/mol. The molecule has 0 bridgehead atoms. The zero-order valence-corrected chi connectivity index (χ0v) is 14.9. The van der Waals surface area contributed by atoms with E-state index in [1.165, 1.54) is 5.57 Å². The molecule has 0 radical (unpaired) electrons. The van der Waals surface area contributed by atoms with Crippen molar-refractivity contribution in [3.05, 3.63) is 35.5 Å². The summed E-state index contributed by atoms with van der Waals surface area (Å²) >= 11 is 0. The third kappa shape index (κ3) is 3.78. The highest BCUT2D eigenvalue weighted by Gasteiger charge is 2.50. The second kappa shape index (κ2) is 6.92. The molecule has 0 amide bonds. The van der Waals surface area contributed by atoms with Crippen molar-refractivity contribution in [2.75, 3.05) is 0 Å². The SMILES string of the molecule is C=C1C[C@H](O)[C@@H](C(C)(O)CCC=C(C)C)[C@@H](O)[C@@H]2C(C)=CC[C@@H]12. The van der Waals surface area contributed by atoms with E-state index >= 15 is 0 Å². The molecule has 2 rings (SSSR count). The minimum Gasteiger partial charge on any atom is -0.392 e. The van der Waals surface area contributed by atoms with Gasteiger partial charge < -0.3 is 15.3 Å². The molecular formula is C20H32O3. The number of rotatable bonds is 4. The molecule has 3 N–H and O–H groups in total. The predicted molar refractivity (Wildman–Crippen MR) is 93.9 cm³/mol. The highest BCUT2D eigenvalue weighted by molar-refractivity contribution is 5.26. The maximum Gasteiger partial charge on any atom is 0.0700 e. The fraction of sp³-hybridized carbons (Fsp3) is 0.700. The first-order valence-corrected chi connectivity index (χ1v) is 8.71. The summed E-state index contributed by atoms with van der Waals surface area (Å²) < 4.78 is 0. The van der Waals surface area contributed by atoms with Crippen molar-refractivity contribution in [1.29, 1.82) is 0 Å². The molecule has 23 heavy (non-hydrogen) atoms. The molecule has 2 aliphatic carbocycles. The Labute approximate surface area is 140 Å². The van der Waals surface area contributed by atoms with E-state index in [0.29, 0.717) is 12.8 Å². The van der Waals surface area contributed by atoms with E-state index in [1.54, 1.807) is 6.92 Å². The van der Waals surface area contributed by atoms with Crippen molar-refractivity contribution in [2.24, 2.45) is 17.8 Å². The molecule has 1 fully saturated rings. The lowest BCUT2D eigenvalue weighted by Gasteiger charge is -2.40. The van der Waals surface area contributed by atoms with Gasteiger partial charge in [0.05, 0.1) is 17.8 Å². The largest absolute Gasteiger partial charge is 0.392 e. The zero-order valence-electron chi connectivity index (χ0n) is 14.9. The van der Waals surface area contributed by atoms with E-state index in [0.717, 1.165) is 24.0 Å². The summed E-state index contributed by atoms with van der Waals surface area (Å²) in [6.45, 7) is 12.0. The van der Waals surface area contributed by atoms with Crippen LogP contribution in [-0.4, -0.2) is 33.1 Å². The molecule has 1 saturated carbocycles. The van der Waals surface area contributed by atoms with Gasteiger partial charge in [-0.2, -0.15) is 0 Å². The lowest BCUT2D eigenvalue weighted by atomic mass is 9.73. The summed E-state index contributed by atoms with van der Waals surface area (Å²) in [6, 6.07) is 0. The minimum absolute atomic E-state index is 0.0282. The van der Waals surface area contributed by atoms with Crippen LogP contribution in [0.25, 0.3) is 0 Å². The van der Waals surface area contributed by atoms with Crippen LogP contribution in [0.3, 0.4) is 0 Å². The third-order valence-electron chi connectivity index (χ3n) is 5.72. The lowest BCUT2D eigenvalue weighted by Crippen LogP contribution is -2.50. The average molecular weight is 320 g/mol. The van der Waals surface area contributed by atoms with Gasteiger partial charge in [0.1, 0.15) is 0 Å². The van der Waals surface area contributed by atoms with Crippen LogP contribution < -0.4 is 0 Å². The molecule has 1 unspecified atom stereocenters. The first-order valence-electron chi connectivity index (χ1n) is 8.71. The molecular weight excluding hydrogens is 288 g/mol. The Morgan fingerprint density at radius 1 is 1.39 bits per heavy atom. The molecule has 2 aliphatic rings. The molecule has 6 atom stereocenters. The molecule has 0 aromatic heterocycles. The molecule has 0 aromatic carbocycles. The van der Waals surface area contributed by atoms with Crippen molar-refractivity contribution in [3.63, 3.8) is 0 Å². The van der Waals surface area contributed by atoms with E-state index in [2.05, 4.69) is 18.7 Å². The van der Waals surface area contributed by atoms with Gasteiger partial charge in [-0.3, -0.25) is 0 Å². The Balaban J connectivity index is 2.26. The molecule has 130 valence electrons. The number of allylic oxidation sites excluding steroid dienone is 3. The Morgan fingerprint density at radius 3 is 2.65 bits per heavy atom. The fourth-order valence-corrected chi connectivity index (χ4v) is 4.44. The van der Waals surface area contributed by atoms with Crippen LogP contribution in [-0.2, 0) is 0 Å². The van der Waals surface area contributed by atoms with Gasteiger partial charge >= 0.3 is 0 Å². The van der Waals surface area contributed by atoms with E-state index in [9.17, 15) is 15.3 Å². The Hall–Kier alpha value is -0.900. The summed E-state index contributed by atoms with van der Waals surface area (Å²) in [6.07, 6.45) is 5.38. The standard InChI is InChI=1S/C20H32O3/c1-12(2)7-6-10-20(5,23)18-16(21)11-14(4)15-9-8-13(3)17(15)19(18)22/h7-8,15-19,21-23H,4,6,9-11H2,1-3,5H3/t15-,16-,17+,18+,19-,20?/m0/s1. The number of aliphatic hydroxyl groups is 3. The summed E-state index contributed by atoms with van der Waals surface area (Å²) in [5.74, 6) is -0.390. The maximum absolute atomic E-state index is 11.0. The van der Waals surface area contributed by atoms with Gasteiger partial charge in [0.2, 0.25) is 0 Å². The van der Waals surface area contributed by atoms with Crippen LogP contribution in [0.2, 0.25) is 0 Å². The van der Waals surface area contributed by atoms with E-state index in [-0.39, 0.29) is 11.8 Å². The first-order chi connectivity index (χ1) is 10.6. The second-order valence-corrected chi connectivity index (χ2v) is 7.94. The molecule has 3 nitrogen and oxygen atoms in total. The van der Waals surface area contributed by atoms with Crippen LogP contribution in [0.1, 0.15) is 53.4 Å². The van der Waals surface area contributed by atoms with Gasteiger partial charge in [0, 0.05) is 11.8 Å². The van der Waals surface area contributed by atoms with E-state index in [1.807, 2.05) is 20.8 Å². The second-order valence-electron chi connectivity index (χ2n) is 7.94. The topological polar surface area (TPSA) is 60.7 Å². The lowest BCUT2D eigenvalue weighted by molar-refractivity contribution is -0.121. The van der Waals surface area contributed by atoms with Crippen LogP contribution in [0.4, 0.5) is 0 Å². The number of hydrogen-bond acceptors (Lipinski definition) is 3. The van der Waals surface area contributed by atoms with Crippen molar-refractivity contribution in [3.8, 4) is 0 Å². The highest BCUT2D eigenvalue weighted by atomic mass is 16.3. The van der Waals surface area contributed by atoms with Crippen molar-refractivity contribution in [2.45, 2.75) is 71.2 Å². The van der Waals surface area contributed by atoms with Crippen molar-refractivity contribution in [1.82, 2.24) is 0 Å². The molecule has 0 aliphatic heterocycles. The van der Waals surface area contributed by atoms with Gasteiger partial charge in [-0.05, 0) is 59.3 Å². The molecule has 0 saturated heterocycles. The summed E-state index contributed by atoms with van der Waals surface area (Å²) in [5.41, 5.74) is 2.26. The normalized spacial score (nSPS) is 36.7. The molecule has 0 heterocycles.